The monoisotopic (exact) mass is 307 g/mol. The number of imidazole rings is 1. The fraction of sp³-hybridized carbons (Fsp3) is 0.417. The van der Waals surface area contributed by atoms with E-state index in [1.165, 1.54) is 6.33 Å². The molecule has 0 bridgehead atoms. The zero-order valence-corrected chi connectivity index (χ0v) is 12.5. The van der Waals surface area contributed by atoms with Gasteiger partial charge in [0.2, 0.25) is 5.91 Å². The summed E-state index contributed by atoms with van der Waals surface area (Å²) in [7, 11) is 1.73. The lowest BCUT2D eigenvalue weighted by molar-refractivity contribution is -0.130. The number of carbonyl (C=O) groups excluding carboxylic acids is 1. The van der Waals surface area contributed by atoms with Gasteiger partial charge in [-0.25, -0.2) is 15.0 Å². The average Bonchev–Trinajstić information content (AvgIpc) is 2.86. The highest BCUT2D eigenvalue weighted by Crippen LogP contribution is 2.14. The van der Waals surface area contributed by atoms with Gasteiger partial charge in [-0.3, -0.25) is 4.79 Å². The van der Waals surface area contributed by atoms with Crippen LogP contribution in [0.5, 0.6) is 0 Å². The Morgan fingerprint density at radius 2 is 2.14 bits per heavy atom. The first-order valence-electron chi connectivity index (χ1n) is 6.42. The molecular weight excluding hydrogens is 290 g/mol. The van der Waals surface area contributed by atoms with E-state index in [0.29, 0.717) is 47.9 Å². The number of fused-ring (bicyclic) bond motifs is 1. The first kappa shape index (κ1) is 15.1. The van der Waals surface area contributed by atoms with Gasteiger partial charge in [0.1, 0.15) is 11.8 Å². The highest BCUT2D eigenvalue weighted by Gasteiger charge is 2.12. The Bertz CT molecular complexity index is 669. The number of thiocarbonyl (C=S) groups is 1. The van der Waals surface area contributed by atoms with Gasteiger partial charge >= 0.3 is 0 Å². The van der Waals surface area contributed by atoms with Crippen LogP contribution in [0.25, 0.3) is 11.2 Å². The highest BCUT2D eigenvalue weighted by molar-refractivity contribution is 7.80. The van der Waals surface area contributed by atoms with E-state index in [1.54, 1.807) is 22.8 Å². The van der Waals surface area contributed by atoms with Gasteiger partial charge in [-0.2, -0.15) is 0 Å². The Kier molecular flexibility index (Phi) is 4.63. The summed E-state index contributed by atoms with van der Waals surface area (Å²) in [4.78, 5) is 26.2. The second kappa shape index (κ2) is 6.44. The summed E-state index contributed by atoms with van der Waals surface area (Å²) in [6, 6.07) is 0. The molecular formula is C12H17N7OS. The molecule has 0 spiro atoms. The fourth-order valence-electron chi connectivity index (χ4n) is 1.87. The van der Waals surface area contributed by atoms with Crippen molar-refractivity contribution in [1.29, 1.82) is 0 Å². The van der Waals surface area contributed by atoms with Crippen molar-refractivity contribution in [2.45, 2.75) is 19.4 Å². The second-order valence-electron chi connectivity index (χ2n) is 4.65. The van der Waals surface area contributed by atoms with Gasteiger partial charge in [0.25, 0.3) is 0 Å². The SMILES string of the molecule is CN(CCC(N)=S)C(=O)CCn1cnc2c(N)ncnc21. The van der Waals surface area contributed by atoms with Crippen LogP contribution in [-0.2, 0) is 11.3 Å². The molecule has 0 aliphatic carbocycles. The molecule has 0 saturated heterocycles. The third-order valence-electron chi connectivity index (χ3n) is 3.12. The van der Waals surface area contributed by atoms with Gasteiger partial charge in [-0.05, 0) is 0 Å². The Balaban J connectivity index is 1.97. The number of amides is 1. The summed E-state index contributed by atoms with van der Waals surface area (Å²) >= 11 is 4.80. The van der Waals surface area contributed by atoms with E-state index >= 15 is 0 Å². The number of hydrogen-bond acceptors (Lipinski definition) is 6. The smallest absolute Gasteiger partial charge is 0.224 e. The van der Waals surface area contributed by atoms with Crippen molar-refractivity contribution in [3.05, 3.63) is 12.7 Å². The molecule has 0 fully saturated rings. The van der Waals surface area contributed by atoms with Gasteiger partial charge in [-0.1, -0.05) is 12.2 Å². The lowest BCUT2D eigenvalue weighted by Gasteiger charge is -2.16. The van der Waals surface area contributed by atoms with Crippen molar-refractivity contribution < 1.29 is 4.79 Å². The second-order valence-corrected chi connectivity index (χ2v) is 5.18. The van der Waals surface area contributed by atoms with Crippen molar-refractivity contribution in [2.24, 2.45) is 5.73 Å². The molecule has 0 aliphatic heterocycles. The topological polar surface area (TPSA) is 116 Å². The molecule has 0 saturated carbocycles. The quantitative estimate of drug-likeness (QED) is 0.718. The maximum Gasteiger partial charge on any atom is 0.224 e. The molecule has 0 atom stereocenters. The molecule has 1 amide bonds. The highest BCUT2D eigenvalue weighted by atomic mass is 32.1. The van der Waals surface area contributed by atoms with Crippen LogP contribution < -0.4 is 11.5 Å². The van der Waals surface area contributed by atoms with Crippen LogP contribution in [0.1, 0.15) is 12.8 Å². The maximum atomic E-state index is 12.0. The van der Waals surface area contributed by atoms with Crippen molar-refractivity contribution in [3.8, 4) is 0 Å². The molecule has 21 heavy (non-hydrogen) atoms. The fourth-order valence-corrected chi connectivity index (χ4v) is 1.96. The molecule has 0 aromatic carbocycles. The van der Waals surface area contributed by atoms with Gasteiger partial charge in [0.05, 0.1) is 11.3 Å². The number of aryl methyl sites for hydroxylation is 1. The predicted molar refractivity (Wildman–Crippen MR) is 83.4 cm³/mol. The molecule has 9 heteroatoms. The zero-order chi connectivity index (χ0) is 15.4. The number of carbonyl (C=O) groups is 1. The average molecular weight is 307 g/mol. The lowest BCUT2D eigenvalue weighted by Crippen LogP contribution is -2.30. The van der Waals surface area contributed by atoms with Gasteiger partial charge in [-0.15, -0.1) is 0 Å². The van der Waals surface area contributed by atoms with Gasteiger partial charge in [0, 0.05) is 33.0 Å². The summed E-state index contributed by atoms with van der Waals surface area (Å²) in [5.74, 6) is 0.341. The molecule has 0 unspecified atom stereocenters. The summed E-state index contributed by atoms with van der Waals surface area (Å²) in [5, 5.41) is 0. The molecule has 2 heterocycles. The Hall–Kier alpha value is -2.29. The Morgan fingerprint density at radius 3 is 2.86 bits per heavy atom. The number of nitrogens with two attached hydrogens (primary N) is 2. The zero-order valence-electron chi connectivity index (χ0n) is 11.7. The Labute approximate surface area is 127 Å². The predicted octanol–water partition coefficient (Wildman–Crippen LogP) is -0.0668. The number of rotatable bonds is 6. The summed E-state index contributed by atoms with van der Waals surface area (Å²) in [5.41, 5.74) is 12.3. The van der Waals surface area contributed by atoms with Crippen LogP contribution >= 0.6 is 12.2 Å². The lowest BCUT2D eigenvalue weighted by atomic mass is 10.3. The summed E-state index contributed by atoms with van der Waals surface area (Å²) < 4.78 is 1.78. The van der Waals surface area contributed by atoms with Crippen molar-refractivity contribution in [3.63, 3.8) is 0 Å². The molecule has 2 rings (SSSR count). The normalized spacial score (nSPS) is 10.7. The molecule has 2 aromatic rings. The van der Waals surface area contributed by atoms with E-state index in [-0.39, 0.29) is 5.91 Å². The first-order valence-corrected chi connectivity index (χ1v) is 6.83. The minimum atomic E-state index is 0.00938. The summed E-state index contributed by atoms with van der Waals surface area (Å²) in [6.07, 6.45) is 3.85. The van der Waals surface area contributed by atoms with E-state index in [2.05, 4.69) is 15.0 Å². The minimum absolute atomic E-state index is 0.00938. The number of nitrogen functional groups attached to an aromatic ring is 1. The number of nitrogens with zero attached hydrogens (tertiary/aromatic N) is 5. The van der Waals surface area contributed by atoms with Crippen LogP contribution in [0.3, 0.4) is 0 Å². The molecule has 0 radical (unpaired) electrons. The van der Waals surface area contributed by atoms with Gasteiger partial charge in [0.15, 0.2) is 11.5 Å². The standard InChI is InChI=1S/C12H17N7OS/c1-18(4-2-8(13)21)9(20)3-5-19-7-17-10-11(14)15-6-16-12(10)19/h6-7H,2-5H2,1H3,(H2,13,21)(H2,14,15,16). The van der Waals surface area contributed by atoms with Crippen LogP contribution in [0.15, 0.2) is 12.7 Å². The largest absolute Gasteiger partial charge is 0.393 e. The first-order chi connectivity index (χ1) is 9.99. The molecule has 0 aliphatic rings. The van der Waals surface area contributed by atoms with Crippen LogP contribution in [0, 0.1) is 0 Å². The van der Waals surface area contributed by atoms with E-state index < -0.39 is 0 Å². The van der Waals surface area contributed by atoms with Crippen LogP contribution in [0.2, 0.25) is 0 Å². The number of anilines is 1. The van der Waals surface area contributed by atoms with Gasteiger partial charge < -0.3 is 20.9 Å². The maximum absolute atomic E-state index is 12.0. The van der Waals surface area contributed by atoms with Crippen LogP contribution in [0.4, 0.5) is 5.82 Å². The number of aromatic nitrogens is 4. The minimum Gasteiger partial charge on any atom is -0.393 e. The number of hydrogen-bond donors (Lipinski definition) is 2. The molecule has 8 nitrogen and oxygen atoms in total. The third-order valence-corrected chi connectivity index (χ3v) is 3.32. The molecule has 4 N–H and O–H groups in total. The van der Waals surface area contributed by atoms with E-state index in [1.807, 2.05) is 0 Å². The molecule has 112 valence electrons. The Morgan fingerprint density at radius 1 is 1.38 bits per heavy atom. The van der Waals surface area contributed by atoms with Crippen molar-refractivity contribution in [1.82, 2.24) is 24.4 Å². The third kappa shape index (κ3) is 3.63. The van der Waals surface area contributed by atoms with Crippen molar-refractivity contribution >= 4 is 40.1 Å². The van der Waals surface area contributed by atoms with Crippen LogP contribution in [-0.4, -0.2) is 48.9 Å². The van der Waals surface area contributed by atoms with E-state index in [9.17, 15) is 4.79 Å². The van der Waals surface area contributed by atoms with E-state index in [0.717, 1.165) is 0 Å². The van der Waals surface area contributed by atoms with E-state index in [4.69, 9.17) is 23.7 Å². The van der Waals surface area contributed by atoms with Crippen molar-refractivity contribution in [2.75, 3.05) is 19.3 Å². The molecule has 2 aromatic heterocycles. The summed E-state index contributed by atoms with van der Waals surface area (Å²) in [6.45, 7) is 0.997.